The van der Waals surface area contributed by atoms with Crippen LogP contribution in [-0.2, 0) is 4.74 Å². The van der Waals surface area contributed by atoms with Crippen LogP contribution in [0, 0.1) is 17.0 Å². The molecule has 1 aromatic carbocycles. The predicted octanol–water partition coefficient (Wildman–Crippen LogP) is 4.82. The van der Waals surface area contributed by atoms with Crippen LogP contribution in [-0.4, -0.2) is 29.7 Å². The van der Waals surface area contributed by atoms with Gasteiger partial charge in [0.05, 0.1) is 22.2 Å². The van der Waals surface area contributed by atoms with Crippen LogP contribution in [0.15, 0.2) is 18.2 Å². The van der Waals surface area contributed by atoms with Gasteiger partial charge < -0.3 is 20.5 Å². The molecule has 2 aromatic rings. The Hall–Kier alpha value is -2.29. The summed E-state index contributed by atoms with van der Waals surface area (Å²) < 4.78 is 10.8. The van der Waals surface area contributed by atoms with Crippen LogP contribution in [0.5, 0.6) is 11.6 Å². The number of nitrogens with zero attached hydrogens (tertiary/aromatic N) is 2. The topological polar surface area (TPSA) is 113 Å². The number of rotatable bonds is 8. The Morgan fingerprint density at radius 1 is 1.37 bits per heavy atom. The molecule has 8 nitrogen and oxygen atoms in total. The number of hydrogen-bond acceptors (Lipinski definition) is 7. The normalized spacial score (nSPS) is 11.9. The van der Waals surface area contributed by atoms with Gasteiger partial charge in [-0.15, -0.1) is 0 Å². The highest BCUT2D eigenvalue weighted by Gasteiger charge is 2.27. The van der Waals surface area contributed by atoms with E-state index in [4.69, 9.17) is 38.4 Å². The highest BCUT2D eigenvalue weighted by atomic mass is 35.5. The molecule has 0 bridgehead atoms. The molecule has 1 unspecified atom stereocenters. The summed E-state index contributed by atoms with van der Waals surface area (Å²) >= 11 is 12.0. The molecule has 0 saturated heterocycles. The fraction of sp³-hybridized carbons (Fsp3) is 0.353. The van der Waals surface area contributed by atoms with Gasteiger partial charge in [-0.2, -0.15) is 0 Å². The van der Waals surface area contributed by atoms with E-state index in [1.54, 1.807) is 20.1 Å². The summed E-state index contributed by atoms with van der Waals surface area (Å²) in [6, 6.07) is 4.33. The molecule has 3 N–H and O–H groups in total. The number of nitrogens with one attached hydrogen (secondary N) is 1. The number of benzene rings is 1. The number of ether oxygens (including phenoxy) is 2. The van der Waals surface area contributed by atoms with Gasteiger partial charge in [0.1, 0.15) is 5.69 Å². The van der Waals surface area contributed by atoms with Gasteiger partial charge >= 0.3 is 11.6 Å². The molecule has 1 heterocycles. The standard InChI is InChI=1S/C17H20Cl2N4O4/c1-4-11(8-26-3)22-14-5-9(2)21-17(15(14)23(24)25)27-16-12(19)6-10(18)7-13(16)20/h5-7,11H,4,8,20H2,1-3H3,(H,21,22). The maximum Gasteiger partial charge on any atom is 0.354 e. The van der Waals surface area contributed by atoms with E-state index >= 15 is 0 Å². The molecule has 0 aliphatic heterocycles. The second-order valence-corrected chi connectivity index (χ2v) is 6.68. The summed E-state index contributed by atoms with van der Waals surface area (Å²) in [7, 11) is 1.57. The first-order valence-electron chi connectivity index (χ1n) is 8.10. The van der Waals surface area contributed by atoms with E-state index in [0.717, 1.165) is 0 Å². The molecule has 0 fully saturated rings. The molecule has 0 aliphatic rings. The lowest BCUT2D eigenvalue weighted by molar-refractivity contribution is -0.385. The van der Waals surface area contributed by atoms with E-state index in [2.05, 4.69) is 10.3 Å². The number of nitrogen functional groups attached to an aromatic ring is 1. The van der Waals surface area contributed by atoms with Crippen molar-refractivity contribution in [2.24, 2.45) is 0 Å². The molecule has 0 radical (unpaired) electrons. The van der Waals surface area contributed by atoms with E-state index in [0.29, 0.717) is 23.7 Å². The van der Waals surface area contributed by atoms with E-state index in [1.165, 1.54) is 12.1 Å². The highest BCUT2D eigenvalue weighted by molar-refractivity contribution is 6.36. The van der Waals surface area contributed by atoms with Gasteiger partial charge in [0, 0.05) is 23.9 Å². The largest absolute Gasteiger partial charge is 0.430 e. The number of anilines is 2. The van der Waals surface area contributed by atoms with Crippen molar-refractivity contribution in [2.45, 2.75) is 26.3 Å². The second kappa shape index (κ2) is 9.07. The van der Waals surface area contributed by atoms with Gasteiger partial charge in [0.25, 0.3) is 0 Å². The van der Waals surface area contributed by atoms with Crippen molar-refractivity contribution in [2.75, 3.05) is 24.8 Å². The minimum Gasteiger partial charge on any atom is -0.430 e. The summed E-state index contributed by atoms with van der Waals surface area (Å²) in [5.74, 6) is -0.164. The van der Waals surface area contributed by atoms with Crippen LogP contribution in [0.3, 0.4) is 0 Å². The van der Waals surface area contributed by atoms with Crippen molar-refractivity contribution in [1.29, 1.82) is 0 Å². The van der Waals surface area contributed by atoms with Crippen molar-refractivity contribution in [3.05, 3.63) is 44.1 Å². The Morgan fingerprint density at radius 3 is 2.63 bits per heavy atom. The van der Waals surface area contributed by atoms with Crippen LogP contribution in [0.25, 0.3) is 0 Å². The maximum absolute atomic E-state index is 11.7. The first kappa shape index (κ1) is 21.0. The minimum atomic E-state index is -0.566. The highest BCUT2D eigenvalue weighted by Crippen LogP contribution is 2.42. The molecule has 0 aliphatic carbocycles. The van der Waals surface area contributed by atoms with Crippen molar-refractivity contribution in [3.8, 4) is 11.6 Å². The molecular formula is C17H20Cl2N4O4. The maximum atomic E-state index is 11.7. The van der Waals surface area contributed by atoms with Gasteiger partial charge in [0.15, 0.2) is 5.75 Å². The molecule has 0 saturated carbocycles. The Balaban J connectivity index is 2.52. The third kappa shape index (κ3) is 5.12. The molecule has 0 spiro atoms. The fourth-order valence-corrected chi connectivity index (χ4v) is 3.01. The van der Waals surface area contributed by atoms with Crippen LogP contribution in [0.1, 0.15) is 19.0 Å². The zero-order chi connectivity index (χ0) is 20.1. The summed E-state index contributed by atoms with van der Waals surface area (Å²) in [5, 5.41) is 15.3. The van der Waals surface area contributed by atoms with Crippen molar-refractivity contribution < 1.29 is 14.4 Å². The molecular weight excluding hydrogens is 395 g/mol. The first-order chi connectivity index (χ1) is 12.8. The van der Waals surface area contributed by atoms with Gasteiger partial charge in [-0.1, -0.05) is 30.1 Å². The summed E-state index contributed by atoms with van der Waals surface area (Å²) in [4.78, 5) is 15.3. The average molecular weight is 415 g/mol. The Morgan fingerprint density at radius 2 is 2.07 bits per heavy atom. The second-order valence-electron chi connectivity index (χ2n) is 5.83. The van der Waals surface area contributed by atoms with E-state index < -0.39 is 4.92 Å². The zero-order valence-corrected chi connectivity index (χ0v) is 16.6. The lowest BCUT2D eigenvalue weighted by Gasteiger charge is -2.18. The van der Waals surface area contributed by atoms with E-state index in [9.17, 15) is 10.1 Å². The third-order valence-electron chi connectivity index (χ3n) is 3.73. The number of pyridine rings is 1. The number of nitro groups is 1. The van der Waals surface area contributed by atoms with Gasteiger partial charge in [-0.25, -0.2) is 4.98 Å². The van der Waals surface area contributed by atoms with Crippen LogP contribution in [0.4, 0.5) is 17.1 Å². The minimum absolute atomic E-state index is 0.0529. The summed E-state index contributed by atoms with van der Waals surface area (Å²) in [6.07, 6.45) is 0.707. The van der Waals surface area contributed by atoms with Crippen LogP contribution >= 0.6 is 23.2 Å². The van der Waals surface area contributed by atoms with Crippen molar-refractivity contribution in [1.82, 2.24) is 4.98 Å². The Labute approximate surface area is 166 Å². The van der Waals surface area contributed by atoms with Gasteiger partial charge in [-0.05, 0) is 31.5 Å². The predicted molar refractivity (Wildman–Crippen MR) is 106 cm³/mol. The summed E-state index contributed by atoms with van der Waals surface area (Å²) in [5.41, 5.74) is 6.51. The Kier molecular flexibility index (Phi) is 7.06. The fourth-order valence-electron chi connectivity index (χ4n) is 2.46. The van der Waals surface area contributed by atoms with Crippen molar-refractivity contribution >= 4 is 40.3 Å². The monoisotopic (exact) mass is 414 g/mol. The van der Waals surface area contributed by atoms with E-state index in [-0.39, 0.29) is 39.8 Å². The Bertz CT molecular complexity index is 825. The molecule has 146 valence electrons. The van der Waals surface area contributed by atoms with Gasteiger partial charge in [0.2, 0.25) is 0 Å². The van der Waals surface area contributed by atoms with Crippen molar-refractivity contribution in [3.63, 3.8) is 0 Å². The molecule has 0 amide bonds. The average Bonchev–Trinajstić information content (AvgIpc) is 2.56. The number of nitrogens with two attached hydrogens (primary N) is 1. The zero-order valence-electron chi connectivity index (χ0n) is 15.1. The molecule has 1 atom stereocenters. The first-order valence-corrected chi connectivity index (χ1v) is 8.86. The smallest absolute Gasteiger partial charge is 0.354 e. The SMILES string of the molecule is CCC(COC)Nc1cc(C)nc(Oc2c(N)cc(Cl)cc2Cl)c1[N+](=O)[O-]. The molecule has 1 aromatic heterocycles. The lowest BCUT2D eigenvalue weighted by atomic mass is 10.2. The van der Waals surface area contributed by atoms with E-state index in [1.807, 2.05) is 6.92 Å². The number of halogens is 2. The number of aromatic nitrogens is 1. The lowest BCUT2D eigenvalue weighted by Crippen LogP contribution is -2.24. The van der Waals surface area contributed by atoms with Crippen LogP contribution < -0.4 is 15.8 Å². The number of aryl methyl sites for hydroxylation is 1. The number of methoxy groups -OCH3 is 1. The molecule has 10 heteroatoms. The van der Waals surface area contributed by atoms with Crippen LogP contribution in [0.2, 0.25) is 10.0 Å². The molecule has 27 heavy (non-hydrogen) atoms. The van der Waals surface area contributed by atoms with Gasteiger partial charge in [-0.3, -0.25) is 10.1 Å². The molecule has 2 rings (SSSR count). The summed E-state index contributed by atoms with van der Waals surface area (Å²) in [6.45, 7) is 4.04. The quantitative estimate of drug-likeness (QED) is 0.361. The third-order valence-corrected chi connectivity index (χ3v) is 4.23. The number of hydrogen-bond donors (Lipinski definition) is 2.